The van der Waals surface area contributed by atoms with Gasteiger partial charge in [0.05, 0.1) is 29.6 Å². The van der Waals surface area contributed by atoms with Gasteiger partial charge < -0.3 is 4.74 Å². The van der Waals surface area contributed by atoms with E-state index < -0.39 is 0 Å². The van der Waals surface area contributed by atoms with Gasteiger partial charge in [0.15, 0.2) is 5.16 Å². The number of nitrogens with zero attached hydrogens (tertiary/aromatic N) is 3. The summed E-state index contributed by atoms with van der Waals surface area (Å²) in [5.41, 5.74) is 5.16. The van der Waals surface area contributed by atoms with Gasteiger partial charge in [0.2, 0.25) is 0 Å². The molecular weight excluding hydrogens is 492 g/mol. The van der Waals surface area contributed by atoms with E-state index in [1.54, 1.807) is 22.1 Å². The molecule has 184 valence electrons. The zero-order valence-electron chi connectivity index (χ0n) is 19.9. The predicted octanol–water partition coefficient (Wildman–Crippen LogP) is 4.97. The van der Waals surface area contributed by atoms with Crippen LogP contribution < -0.4 is 15.7 Å². The molecule has 0 bridgehead atoms. The van der Waals surface area contributed by atoms with E-state index in [9.17, 15) is 9.59 Å². The number of thioether (sulfide) groups is 1. The Morgan fingerprint density at radius 1 is 1.17 bits per heavy atom. The molecule has 0 fully saturated rings. The highest BCUT2D eigenvalue weighted by Gasteiger charge is 2.23. The van der Waals surface area contributed by atoms with E-state index in [2.05, 4.69) is 10.5 Å². The SMILES string of the molecule is CCOc1ccccc1C=NNC(=O)CSc1nc2sc3c(c2c(=O)n1-c1ccccc1)CCCC3. The van der Waals surface area contributed by atoms with Crippen molar-refractivity contribution in [2.45, 2.75) is 37.8 Å². The van der Waals surface area contributed by atoms with Gasteiger partial charge in [0, 0.05) is 10.4 Å². The van der Waals surface area contributed by atoms with Crippen LogP contribution in [0.25, 0.3) is 15.9 Å². The quantitative estimate of drug-likeness (QED) is 0.154. The average Bonchev–Trinajstić information content (AvgIpc) is 3.28. The van der Waals surface area contributed by atoms with Gasteiger partial charge in [-0.2, -0.15) is 5.10 Å². The van der Waals surface area contributed by atoms with Crippen molar-refractivity contribution in [1.82, 2.24) is 15.0 Å². The molecule has 2 heterocycles. The Hall–Kier alpha value is -3.43. The minimum atomic E-state index is -0.287. The second-order valence-corrected chi connectivity index (χ2v) is 10.3. The number of hydrogen-bond donors (Lipinski definition) is 1. The number of amides is 1. The second-order valence-electron chi connectivity index (χ2n) is 8.31. The average molecular weight is 519 g/mol. The van der Waals surface area contributed by atoms with Crippen LogP contribution >= 0.6 is 23.1 Å². The number of benzene rings is 2. The van der Waals surface area contributed by atoms with Crippen molar-refractivity contribution in [2.24, 2.45) is 5.10 Å². The highest BCUT2D eigenvalue weighted by atomic mass is 32.2. The van der Waals surface area contributed by atoms with Crippen LogP contribution in [0.2, 0.25) is 0 Å². The van der Waals surface area contributed by atoms with Gasteiger partial charge in [-0.25, -0.2) is 10.4 Å². The fourth-order valence-corrected chi connectivity index (χ4v) is 6.41. The number of ether oxygens (including phenoxy) is 1. The Bertz CT molecular complexity index is 1480. The van der Waals surface area contributed by atoms with Gasteiger partial charge >= 0.3 is 0 Å². The number of fused-ring (bicyclic) bond motifs is 3. The maximum atomic E-state index is 13.7. The van der Waals surface area contributed by atoms with Gasteiger partial charge in [-0.1, -0.05) is 42.1 Å². The lowest BCUT2D eigenvalue weighted by Gasteiger charge is -2.13. The minimum absolute atomic E-state index is 0.0698. The Labute approximate surface area is 217 Å². The van der Waals surface area contributed by atoms with Crippen molar-refractivity contribution in [2.75, 3.05) is 12.4 Å². The molecule has 36 heavy (non-hydrogen) atoms. The molecule has 0 atom stereocenters. The molecular formula is C27H26N4O3S2. The summed E-state index contributed by atoms with van der Waals surface area (Å²) in [5, 5.41) is 5.31. The molecule has 0 unspecified atom stereocenters. The summed E-state index contributed by atoms with van der Waals surface area (Å²) in [6.07, 6.45) is 5.71. The third-order valence-electron chi connectivity index (χ3n) is 5.92. The molecule has 2 aromatic heterocycles. The maximum absolute atomic E-state index is 13.7. The van der Waals surface area contributed by atoms with E-state index in [4.69, 9.17) is 9.72 Å². The van der Waals surface area contributed by atoms with Crippen LogP contribution in [0.15, 0.2) is 69.6 Å². The number of rotatable bonds is 8. The highest BCUT2D eigenvalue weighted by molar-refractivity contribution is 7.99. The topological polar surface area (TPSA) is 85.6 Å². The summed E-state index contributed by atoms with van der Waals surface area (Å²) in [4.78, 5) is 33.2. The van der Waals surface area contributed by atoms with E-state index in [-0.39, 0.29) is 17.2 Å². The molecule has 0 radical (unpaired) electrons. The zero-order valence-corrected chi connectivity index (χ0v) is 21.5. The molecule has 4 aromatic rings. The number of carbonyl (C=O) groups is 1. The fourth-order valence-electron chi connectivity index (χ4n) is 4.30. The van der Waals surface area contributed by atoms with Gasteiger partial charge in [-0.05, 0) is 62.4 Å². The van der Waals surface area contributed by atoms with Gasteiger partial charge in [-0.3, -0.25) is 14.2 Å². The number of carbonyl (C=O) groups excluding carboxylic acids is 1. The van der Waals surface area contributed by atoms with Crippen LogP contribution in [0.5, 0.6) is 5.75 Å². The molecule has 1 aliphatic rings. The summed E-state index contributed by atoms with van der Waals surface area (Å²) < 4.78 is 7.21. The second kappa shape index (κ2) is 11.1. The third-order valence-corrected chi connectivity index (χ3v) is 8.04. The number of aryl methyl sites for hydroxylation is 2. The summed E-state index contributed by atoms with van der Waals surface area (Å²) >= 11 is 2.84. The van der Waals surface area contributed by atoms with Crippen molar-refractivity contribution in [3.8, 4) is 11.4 Å². The fraction of sp³-hybridized carbons (Fsp3) is 0.259. The van der Waals surface area contributed by atoms with Crippen LogP contribution in [0.4, 0.5) is 0 Å². The molecule has 1 N–H and O–H groups in total. The first kappa shape index (κ1) is 24.3. The summed E-state index contributed by atoms with van der Waals surface area (Å²) in [7, 11) is 0. The normalized spacial score (nSPS) is 13.1. The highest BCUT2D eigenvalue weighted by Crippen LogP contribution is 2.35. The van der Waals surface area contributed by atoms with E-state index in [1.807, 2.05) is 61.5 Å². The molecule has 0 spiro atoms. The number of para-hydroxylation sites is 2. The van der Waals surface area contributed by atoms with E-state index >= 15 is 0 Å². The monoisotopic (exact) mass is 518 g/mol. The van der Waals surface area contributed by atoms with Crippen molar-refractivity contribution >= 4 is 45.4 Å². The smallest absolute Gasteiger partial charge is 0.267 e. The summed E-state index contributed by atoms with van der Waals surface area (Å²) in [6.45, 7) is 2.46. The van der Waals surface area contributed by atoms with Crippen molar-refractivity contribution in [3.05, 3.63) is 81.0 Å². The van der Waals surface area contributed by atoms with Gasteiger partial charge in [0.25, 0.3) is 11.5 Å². The van der Waals surface area contributed by atoms with E-state index in [0.717, 1.165) is 52.7 Å². The molecule has 0 saturated heterocycles. The lowest BCUT2D eigenvalue weighted by molar-refractivity contribution is -0.118. The van der Waals surface area contributed by atoms with Crippen LogP contribution in [0.1, 0.15) is 35.8 Å². The molecule has 9 heteroatoms. The van der Waals surface area contributed by atoms with E-state index in [1.165, 1.54) is 16.6 Å². The molecule has 0 aliphatic heterocycles. The molecule has 1 amide bonds. The van der Waals surface area contributed by atoms with Crippen LogP contribution in [0.3, 0.4) is 0 Å². The molecule has 0 saturated carbocycles. The standard InChI is InChI=1S/C27H26N4O3S2/c1-2-34-21-14-8-6-10-18(21)16-28-30-23(32)17-35-27-29-25-24(20-13-7-9-15-22(20)36-25)26(33)31(27)19-11-4-3-5-12-19/h3-6,8,10-12,14,16H,2,7,9,13,15,17H2,1H3,(H,30,32). The third kappa shape index (κ3) is 5.08. The van der Waals surface area contributed by atoms with Crippen LogP contribution in [-0.4, -0.2) is 34.0 Å². The predicted molar refractivity (Wildman–Crippen MR) is 146 cm³/mol. The van der Waals surface area contributed by atoms with Gasteiger partial charge in [-0.15, -0.1) is 11.3 Å². The van der Waals surface area contributed by atoms with Crippen LogP contribution in [0, 0.1) is 0 Å². The van der Waals surface area contributed by atoms with Crippen molar-refractivity contribution < 1.29 is 9.53 Å². The first-order valence-corrected chi connectivity index (χ1v) is 13.7. The number of thiophene rings is 1. The molecule has 5 rings (SSSR count). The number of nitrogens with one attached hydrogen (secondary N) is 1. The summed E-state index contributed by atoms with van der Waals surface area (Å²) in [5.74, 6) is 0.486. The van der Waals surface area contributed by atoms with Crippen LogP contribution in [-0.2, 0) is 17.6 Å². The Kier molecular flexibility index (Phi) is 7.48. The lowest BCUT2D eigenvalue weighted by Crippen LogP contribution is -2.24. The molecule has 7 nitrogen and oxygen atoms in total. The Morgan fingerprint density at radius 3 is 2.78 bits per heavy atom. The maximum Gasteiger partial charge on any atom is 0.267 e. The number of hydrazone groups is 1. The van der Waals surface area contributed by atoms with Crippen molar-refractivity contribution in [1.29, 1.82) is 0 Å². The van der Waals surface area contributed by atoms with Crippen molar-refractivity contribution in [3.63, 3.8) is 0 Å². The largest absolute Gasteiger partial charge is 0.493 e. The first-order chi connectivity index (χ1) is 17.7. The Morgan fingerprint density at radius 2 is 1.94 bits per heavy atom. The lowest BCUT2D eigenvalue weighted by atomic mass is 9.97. The number of hydrogen-bond acceptors (Lipinski definition) is 7. The number of aromatic nitrogens is 2. The van der Waals surface area contributed by atoms with E-state index in [0.29, 0.717) is 17.5 Å². The summed E-state index contributed by atoms with van der Waals surface area (Å²) in [6, 6.07) is 17.0. The molecule has 2 aromatic carbocycles. The zero-order chi connectivity index (χ0) is 24.9. The minimum Gasteiger partial charge on any atom is -0.493 e. The molecule has 1 aliphatic carbocycles. The first-order valence-electron chi connectivity index (χ1n) is 11.9. The van der Waals surface area contributed by atoms with Gasteiger partial charge in [0.1, 0.15) is 10.6 Å². The Balaban J connectivity index is 1.39.